The van der Waals surface area contributed by atoms with Gasteiger partial charge in [0.1, 0.15) is 0 Å². The second-order valence-corrected chi connectivity index (χ2v) is 12.2. The van der Waals surface area contributed by atoms with Gasteiger partial charge in [-0.05, 0) is 28.6 Å². The molecule has 0 heterocycles. The van der Waals surface area contributed by atoms with Crippen LogP contribution < -0.4 is 0 Å². The predicted octanol–water partition coefficient (Wildman–Crippen LogP) is 6.20. The molecular formula is C17H33P. The maximum absolute atomic E-state index is 2.55. The van der Waals surface area contributed by atoms with Crippen molar-refractivity contribution in [2.24, 2.45) is 5.41 Å². The van der Waals surface area contributed by atoms with E-state index in [0.717, 1.165) is 5.66 Å². The van der Waals surface area contributed by atoms with Crippen LogP contribution in [0.15, 0.2) is 12.2 Å². The second-order valence-electron chi connectivity index (χ2n) is 8.19. The monoisotopic (exact) mass is 268 g/mol. The van der Waals surface area contributed by atoms with Crippen LogP contribution in [0.5, 0.6) is 0 Å². The maximum atomic E-state index is 2.55. The molecule has 1 aliphatic carbocycles. The van der Waals surface area contributed by atoms with Crippen LogP contribution in [0.2, 0.25) is 0 Å². The normalized spacial score (nSPS) is 29.3. The molecule has 2 atom stereocenters. The van der Waals surface area contributed by atoms with Crippen LogP contribution in [0.1, 0.15) is 74.7 Å². The van der Waals surface area contributed by atoms with Crippen molar-refractivity contribution in [3.8, 4) is 0 Å². The topological polar surface area (TPSA) is 0 Å². The number of rotatable bonds is 3. The molecule has 0 aromatic carbocycles. The molecule has 18 heavy (non-hydrogen) atoms. The first-order valence-electron chi connectivity index (χ1n) is 7.48. The molecule has 0 bridgehead atoms. The lowest BCUT2D eigenvalue weighted by atomic mass is 9.83. The van der Waals surface area contributed by atoms with Gasteiger partial charge >= 0.3 is 0 Å². The third kappa shape index (κ3) is 3.38. The minimum absolute atomic E-state index is 0.0302. The molecule has 0 aromatic heterocycles. The van der Waals surface area contributed by atoms with Crippen LogP contribution in [0, 0.1) is 5.41 Å². The van der Waals surface area contributed by atoms with Crippen LogP contribution in [0.4, 0.5) is 0 Å². The minimum atomic E-state index is -0.0302. The minimum Gasteiger partial charge on any atom is -0.0880 e. The van der Waals surface area contributed by atoms with Gasteiger partial charge in [-0.2, -0.15) is 0 Å². The Morgan fingerprint density at radius 2 is 1.61 bits per heavy atom. The molecule has 0 fully saturated rings. The van der Waals surface area contributed by atoms with E-state index in [2.05, 4.69) is 67.5 Å². The molecule has 1 rings (SSSR count). The van der Waals surface area contributed by atoms with Crippen molar-refractivity contribution in [2.75, 3.05) is 0 Å². The van der Waals surface area contributed by atoms with Gasteiger partial charge < -0.3 is 0 Å². The van der Waals surface area contributed by atoms with Gasteiger partial charge in [0.2, 0.25) is 0 Å². The highest BCUT2D eigenvalue weighted by atomic mass is 31.1. The Balaban J connectivity index is 3.10. The quantitative estimate of drug-likeness (QED) is 0.422. The van der Waals surface area contributed by atoms with Crippen molar-refractivity contribution < 1.29 is 0 Å². The number of allylic oxidation sites excluding steroid dienone is 2. The summed E-state index contributed by atoms with van der Waals surface area (Å²) in [6.07, 6.45) is 8.98. The molecule has 2 unspecified atom stereocenters. The molecule has 1 aliphatic rings. The highest BCUT2D eigenvalue weighted by Gasteiger charge is 2.47. The second kappa shape index (κ2) is 5.28. The summed E-state index contributed by atoms with van der Waals surface area (Å²) in [5.74, 6) is 0. The zero-order valence-electron chi connectivity index (χ0n) is 13.8. The average Bonchev–Trinajstić information content (AvgIpc) is 2.43. The molecule has 0 aliphatic heterocycles. The van der Waals surface area contributed by atoms with Gasteiger partial charge in [-0.15, -0.1) is 0 Å². The summed E-state index contributed by atoms with van der Waals surface area (Å²) in [5.41, 5.74) is 1.31. The first-order chi connectivity index (χ1) is 8.02. The van der Waals surface area contributed by atoms with Crippen molar-refractivity contribution >= 4 is 7.92 Å². The first-order valence-corrected chi connectivity index (χ1v) is 8.89. The summed E-state index contributed by atoms with van der Waals surface area (Å²) in [6, 6.07) is 0. The van der Waals surface area contributed by atoms with Gasteiger partial charge in [0.15, 0.2) is 0 Å². The lowest BCUT2D eigenvalue weighted by Crippen LogP contribution is -2.37. The van der Waals surface area contributed by atoms with E-state index in [4.69, 9.17) is 0 Å². The highest BCUT2D eigenvalue weighted by molar-refractivity contribution is 7.61. The molecule has 0 spiro atoms. The zero-order valence-corrected chi connectivity index (χ0v) is 14.7. The molecule has 106 valence electrons. The fraction of sp³-hybridized carbons (Fsp3) is 0.882. The van der Waals surface area contributed by atoms with Gasteiger partial charge in [0.05, 0.1) is 0 Å². The molecule has 0 saturated heterocycles. The maximum Gasteiger partial charge on any atom is 0.00366 e. The summed E-state index contributed by atoms with van der Waals surface area (Å²) >= 11 is 0. The van der Waals surface area contributed by atoms with Gasteiger partial charge in [0, 0.05) is 5.66 Å². The number of hydrogen-bond acceptors (Lipinski definition) is 0. The van der Waals surface area contributed by atoms with Crippen LogP contribution >= 0.6 is 7.92 Å². The van der Waals surface area contributed by atoms with Gasteiger partial charge in [0.25, 0.3) is 0 Å². The molecule has 0 saturated carbocycles. The Morgan fingerprint density at radius 1 is 1.11 bits per heavy atom. The van der Waals surface area contributed by atoms with Crippen molar-refractivity contribution in [3.05, 3.63) is 12.2 Å². The summed E-state index contributed by atoms with van der Waals surface area (Å²) in [4.78, 5) is 0. The average molecular weight is 268 g/mol. The fourth-order valence-corrected chi connectivity index (χ4v) is 8.71. The van der Waals surface area contributed by atoms with E-state index in [1.807, 2.05) is 0 Å². The van der Waals surface area contributed by atoms with E-state index in [1.165, 1.54) is 19.3 Å². The largest absolute Gasteiger partial charge is 0.0880 e. The van der Waals surface area contributed by atoms with E-state index in [1.54, 1.807) is 0 Å². The molecule has 0 aromatic rings. The summed E-state index contributed by atoms with van der Waals surface area (Å²) in [5, 5.41) is 0.865. The van der Waals surface area contributed by atoms with E-state index < -0.39 is 0 Å². The fourth-order valence-electron chi connectivity index (χ4n) is 3.88. The first kappa shape index (κ1) is 16.2. The molecule has 1 heteroatoms. The SMILES string of the molecule is CCCC1(C)CC=CC1P(C(C)(C)C)C(C)(C)C. The van der Waals surface area contributed by atoms with Crippen molar-refractivity contribution in [3.63, 3.8) is 0 Å². The van der Waals surface area contributed by atoms with Gasteiger partial charge in [-0.3, -0.25) is 0 Å². The summed E-state index contributed by atoms with van der Waals surface area (Å²) < 4.78 is 0. The third-order valence-corrected chi connectivity index (χ3v) is 8.40. The van der Waals surface area contributed by atoms with Crippen molar-refractivity contribution in [1.29, 1.82) is 0 Å². The molecule has 0 N–H and O–H groups in total. The zero-order chi connectivity index (χ0) is 14.2. The van der Waals surface area contributed by atoms with E-state index in [-0.39, 0.29) is 7.92 Å². The lowest BCUT2D eigenvalue weighted by Gasteiger charge is -2.50. The smallest absolute Gasteiger partial charge is 0.00366 e. The third-order valence-electron chi connectivity index (χ3n) is 4.16. The highest BCUT2D eigenvalue weighted by Crippen LogP contribution is 2.68. The van der Waals surface area contributed by atoms with Gasteiger partial charge in [-0.25, -0.2) is 0 Å². The van der Waals surface area contributed by atoms with Crippen LogP contribution in [-0.2, 0) is 0 Å². The van der Waals surface area contributed by atoms with Crippen molar-refractivity contribution in [2.45, 2.75) is 90.6 Å². The Morgan fingerprint density at radius 3 is 2.00 bits per heavy atom. The predicted molar refractivity (Wildman–Crippen MR) is 87.0 cm³/mol. The number of hydrogen-bond donors (Lipinski definition) is 0. The Labute approximate surface area is 116 Å². The van der Waals surface area contributed by atoms with Crippen LogP contribution in [0.3, 0.4) is 0 Å². The Hall–Kier alpha value is 0.170. The van der Waals surface area contributed by atoms with E-state index in [9.17, 15) is 0 Å². The van der Waals surface area contributed by atoms with Crippen molar-refractivity contribution in [1.82, 2.24) is 0 Å². The molecule has 0 nitrogen and oxygen atoms in total. The Bertz CT molecular complexity index is 289. The molecular weight excluding hydrogens is 235 g/mol. The van der Waals surface area contributed by atoms with Crippen LogP contribution in [-0.4, -0.2) is 16.0 Å². The summed E-state index contributed by atoms with van der Waals surface area (Å²) in [6.45, 7) is 19.5. The standard InChI is InChI=1S/C17H33P/c1-9-12-17(8)13-10-11-14(17)18(15(2,3)4)16(5,6)7/h10-11,14H,9,12-13H2,1-8H3. The molecule has 0 amide bonds. The van der Waals surface area contributed by atoms with Crippen LogP contribution in [0.25, 0.3) is 0 Å². The molecule has 0 radical (unpaired) electrons. The van der Waals surface area contributed by atoms with Gasteiger partial charge in [-0.1, -0.05) is 81.9 Å². The van der Waals surface area contributed by atoms with E-state index >= 15 is 0 Å². The lowest BCUT2D eigenvalue weighted by molar-refractivity contribution is 0.320. The van der Waals surface area contributed by atoms with E-state index in [0.29, 0.717) is 15.7 Å². The Kier molecular flexibility index (Phi) is 4.76. The summed E-state index contributed by atoms with van der Waals surface area (Å²) in [7, 11) is -0.0302.